The molecule has 3 heterocycles. The van der Waals surface area contributed by atoms with Crippen molar-refractivity contribution in [2.45, 2.75) is 58.8 Å². The molecule has 3 N–H and O–H groups in total. The number of amides is 3. The molecule has 4 aromatic rings. The van der Waals surface area contributed by atoms with Crippen LogP contribution in [-0.4, -0.2) is 64.6 Å². The molecule has 12 heteroatoms. The van der Waals surface area contributed by atoms with Gasteiger partial charge in [0.05, 0.1) is 27.7 Å². The van der Waals surface area contributed by atoms with E-state index >= 15 is 0 Å². The Kier molecular flexibility index (Phi) is 9.07. The Morgan fingerprint density at radius 3 is 2.47 bits per heavy atom. The van der Waals surface area contributed by atoms with Crippen molar-refractivity contribution < 1.29 is 28.8 Å². The lowest BCUT2D eigenvalue weighted by Gasteiger charge is -2.35. The number of aromatic nitrogens is 1. The number of carbonyl (C=O) groups is 3. The first-order chi connectivity index (χ1) is 22.5. The van der Waals surface area contributed by atoms with Crippen LogP contribution in [0.2, 0.25) is 0 Å². The van der Waals surface area contributed by atoms with Gasteiger partial charge in [-0.15, -0.1) is 11.3 Å². The number of para-hydroxylation sites is 1. The molecule has 0 radical (unpaired) electrons. The number of nitrogens with one attached hydrogen (secondary N) is 2. The van der Waals surface area contributed by atoms with Crippen molar-refractivity contribution in [1.29, 1.82) is 0 Å². The van der Waals surface area contributed by atoms with Crippen LogP contribution in [0.1, 0.15) is 48.8 Å². The highest BCUT2D eigenvalue weighted by Crippen LogP contribution is 2.37. The Balaban J connectivity index is 1.14. The molecule has 2 aliphatic rings. The topological polar surface area (TPSA) is 130 Å². The van der Waals surface area contributed by atoms with E-state index in [4.69, 9.17) is 9.31 Å². The highest BCUT2D eigenvalue weighted by atomic mass is 32.1. The van der Waals surface area contributed by atoms with Crippen LogP contribution in [0.5, 0.6) is 11.5 Å². The molecule has 0 bridgehead atoms. The van der Waals surface area contributed by atoms with Gasteiger partial charge in [0, 0.05) is 25.0 Å². The maximum absolute atomic E-state index is 14.1. The van der Waals surface area contributed by atoms with E-state index in [9.17, 15) is 19.5 Å². The third-order valence-corrected chi connectivity index (χ3v) is 9.41. The molecule has 2 aliphatic heterocycles. The van der Waals surface area contributed by atoms with Gasteiger partial charge in [0.1, 0.15) is 17.8 Å². The molecule has 3 amide bonds. The number of hydrogen-bond donors (Lipinski definition) is 3. The predicted octanol–water partition coefficient (Wildman–Crippen LogP) is 3.71. The average Bonchev–Trinajstić information content (AvgIpc) is 3.80. The summed E-state index contributed by atoms with van der Waals surface area (Å²) in [6.07, 6.45) is -0.768. The summed E-state index contributed by atoms with van der Waals surface area (Å²) in [5, 5.41) is 16.4. The van der Waals surface area contributed by atoms with Crippen molar-refractivity contribution >= 4 is 41.6 Å². The Morgan fingerprint density at radius 2 is 1.79 bits per heavy atom. The lowest BCUT2D eigenvalue weighted by Crippen LogP contribution is -2.57. The van der Waals surface area contributed by atoms with E-state index in [-0.39, 0.29) is 31.0 Å². The molecule has 3 atom stereocenters. The summed E-state index contributed by atoms with van der Waals surface area (Å²) in [4.78, 5) is 48.1. The molecule has 242 valence electrons. The lowest BCUT2D eigenvalue weighted by molar-refractivity contribution is -0.142. The van der Waals surface area contributed by atoms with Gasteiger partial charge in [0.2, 0.25) is 11.8 Å². The van der Waals surface area contributed by atoms with Crippen molar-refractivity contribution in [3.8, 4) is 21.9 Å². The first-order valence-electron chi connectivity index (χ1n) is 15.6. The second-order valence-corrected chi connectivity index (χ2v) is 13.8. The van der Waals surface area contributed by atoms with Crippen LogP contribution in [0.25, 0.3) is 10.4 Å². The summed E-state index contributed by atoms with van der Waals surface area (Å²) in [5.74, 6) is -0.598. The summed E-state index contributed by atoms with van der Waals surface area (Å²) in [7, 11) is -0.703. The summed E-state index contributed by atoms with van der Waals surface area (Å²) in [6, 6.07) is 20.5. The van der Waals surface area contributed by atoms with Gasteiger partial charge >= 0.3 is 7.12 Å². The highest BCUT2D eigenvalue weighted by Gasteiger charge is 2.45. The number of nitrogens with zero attached hydrogens (tertiary/aromatic N) is 2. The molecule has 0 saturated carbocycles. The fourth-order valence-electron chi connectivity index (χ4n) is 5.89. The molecule has 1 aromatic heterocycles. The van der Waals surface area contributed by atoms with Crippen LogP contribution in [-0.2, 0) is 16.1 Å². The number of aryl methyl sites for hydroxylation is 1. The number of carbonyl (C=O) groups excluding carboxylic acids is 3. The van der Waals surface area contributed by atoms with Crippen molar-refractivity contribution in [2.75, 3.05) is 6.54 Å². The highest BCUT2D eigenvalue weighted by molar-refractivity contribution is 7.13. The molecule has 6 rings (SSSR count). The summed E-state index contributed by atoms with van der Waals surface area (Å²) in [5.41, 5.74) is 5.06. The first-order valence-corrected chi connectivity index (χ1v) is 16.5. The Morgan fingerprint density at radius 1 is 1.04 bits per heavy atom. The SMILES string of the molecule is Cc1ncsc1-c1ccc(CNC(=O)[C@@H]2C[C@@H](O)CN2C(=O)[C@@H](NC(=O)c2cccc3c2OB(c2ccccc2)O3)C(C)(C)C)cc1. The second-order valence-electron chi connectivity index (χ2n) is 13.0. The largest absolute Gasteiger partial charge is 0.632 e. The van der Waals surface area contributed by atoms with E-state index in [1.807, 2.05) is 87.8 Å². The number of aliphatic hydroxyl groups excluding tert-OH is 1. The Hall–Kier alpha value is -4.68. The zero-order chi connectivity index (χ0) is 33.3. The molecular weight excluding hydrogens is 615 g/mol. The normalized spacial score (nSPS) is 17.8. The number of β-amino-alcohol motifs (C(OH)–C–C–N with tert-alkyl or cyclic N) is 1. The minimum absolute atomic E-state index is 0.0152. The molecule has 1 saturated heterocycles. The van der Waals surface area contributed by atoms with Gasteiger partial charge in [-0.3, -0.25) is 14.4 Å². The van der Waals surface area contributed by atoms with E-state index in [0.717, 1.165) is 27.2 Å². The monoisotopic (exact) mass is 652 g/mol. The zero-order valence-electron chi connectivity index (χ0n) is 26.7. The van der Waals surface area contributed by atoms with E-state index in [1.165, 1.54) is 4.90 Å². The first kappa shape index (κ1) is 32.3. The molecule has 0 aliphatic carbocycles. The zero-order valence-corrected chi connectivity index (χ0v) is 27.5. The quantitative estimate of drug-likeness (QED) is 0.248. The van der Waals surface area contributed by atoms with Gasteiger partial charge in [-0.05, 0) is 35.6 Å². The number of aliphatic hydroxyl groups is 1. The van der Waals surface area contributed by atoms with Gasteiger partial charge in [0.25, 0.3) is 5.91 Å². The van der Waals surface area contributed by atoms with Crippen LogP contribution < -0.4 is 25.4 Å². The van der Waals surface area contributed by atoms with Crippen LogP contribution in [0.3, 0.4) is 0 Å². The number of likely N-dealkylation sites (tertiary alicyclic amines) is 1. The van der Waals surface area contributed by atoms with Crippen LogP contribution in [0, 0.1) is 12.3 Å². The molecule has 3 aromatic carbocycles. The van der Waals surface area contributed by atoms with Crippen LogP contribution >= 0.6 is 11.3 Å². The fraction of sp³-hybridized carbons (Fsp3) is 0.314. The van der Waals surface area contributed by atoms with Gasteiger partial charge in [-0.25, -0.2) is 4.98 Å². The summed E-state index contributed by atoms with van der Waals surface area (Å²) < 4.78 is 12.0. The number of rotatable bonds is 8. The van der Waals surface area contributed by atoms with Gasteiger partial charge < -0.3 is 29.9 Å². The van der Waals surface area contributed by atoms with Crippen molar-refractivity contribution in [3.63, 3.8) is 0 Å². The minimum atomic E-state index is -0.999. The average molecular weight is 653 g/mol. The van der Waals surface area contributed by atoms with E-state index in [0.29, 0.717) is 11.5 Å². The number of thiazole rings is 1. The summed E-state index contributed by atoms with van der Waals surface area (Å²) >= 11 is 1.58. The fourth-order valence-corrected chi connectivity index (χ4v) is 6.70. The molecule has 47 heavy (non-hydrogen) atoms. The predicted molar refractivity (Wildman–Crippen MR) is 180 cm³/mol. The third-order valence-electron chi connectivity index (χ3n) is 8.44. The van der Waals surface area contributed by atoms with Crippen molar-refractivity contribution in [1.82, 2.24) is 20.5 Å². The van der Waals surface area contributed by atoms with E-state index in [1.54, 1.807) is 29.5 Å². The Labute approximate surface area is 278 Å². The standard InChI is InChI=1S/C35H37BN4O6S/c1-21-30(47-20-38-21)23-15-13-22(14-16-23)18-37-33(43)27-17-25(41)19-40(27)34(44)31(35(2,3)4)39-32(42)26-11-8-12-28-29(26)46-36(45-28)24-9-6-5-7-10-24/h5-16,20,25,27,31,41H,17-19H2,1-4H3,(H,37,43)(H,39,42)/t25-,27+,31-/m1/s1. The molecule has 1 fully saturated rings. The molecule has 10 nitrogen and oxygen atoms in total. The van der Waals surface area contributed by atoms with Crippen molar-refractivity contribution in [3.05, 3.63) is 95.1 Å². The van der Waals surface area contributed by atoms with Gasteiger partial charge in [0.15, 0.2) is 5.75 Å². The third kappa shape index (κ3) is 6.89. The van der Waals surface area contributed by atoms with Gasteiger partial charge in [-0.1, -0.05) is 81.4 Å². The van der Waals surface area contributed by atoms with E-state index in [2.05, 4.69) is 15.6 Å². The second kappa shape index (κ2) is 13.2. The molecular formula is C35H37BN4O6S. The van der Waals surface area contributed by atoms with Gasteiger partial charge in [-0.2, -0.15) is 0 Å². The van der Waals surface area contributed by atoms with Crippen LogP contribution in [0.15, 0.2) is 78.3 Å². The van der Waals surface area contributed by atoms with Crippen molar-refractivity contribution in [2.24, 2.45) is 5.41 Å². The van der Waals surface area contributed by atoms with Crippen LogP contribution in [0.4, 0.5) is 0 Å². The number of hydrogen-bond acceptors (Lipinski definition) is 8. The Bertz CT molecular complexity index is 1770. The number of fused-ring (bicyclic) bond motifs is 1. The molecule has 0 spiro atoms. The molecule has 0 unspecified atom stereocenters. The smallest absolute Gasteiger partial charge is 0.519 e. The maximum Gasteiger partial charge on any atom is 0.632 e. The van der Waals surface area contributed by atoms with E-state index < -0.39 is 42.5 Å². The lowest BCUT2D eigenvalue weighted by atomic mass is 9.79. The summed E-state index contributed by atoms with van der Waals surface area (Å²) in [6.45, 7) is 7.75. The minimum Gasteiger partial charge on any atom is -0.519 e. The maximum atomic E-state index is 14.1. The number of benzene rings is 3.